The Morgan fingerprint density at radius 1 is 1.37 bits per heavy atom. The number of carbonyl (C=O) groups is 1. The standard InChI is InChI=1S/C15H22N2O2/c1-15(2,3)19-14(18)17-9-8-12(16)10-11-6-4-5-7-13(11)17/h4-7,12H,8-10,16H2,1-3H3/t12-/m0/s1. The topological polar surface area (TPSA) is 55.6 Å². The molecular weight excluding hydrogens is 240 g/mol. The van der Waals surface area contributed by atoms with E-state index < -0.39 is 5.60 Å². The van der Waals surface area contributed by atoms with E-state index in [0.29, 0.717) is 6.54 Å². The Balaban J connectivity index is 2.28. The lowest BCUT2D eigenvalue weighted by atomic mass is 10.0. The number of nitrogens with zero attached hydrogens (tertiary/aromatic N) is 1. The molecule has 0 spiro atoms. The van der Waals surface area contributed by atoms with E-state index in [9.17, 15) is 4.79 Å². The number of benzene rings is 1. The van der Waals surface area contributed by atoms with Crippen LogP contribution in [-0.2, 0) is 11.2 Å². The summed E-state index contributed by atoms with van der Waals surface area (Å²) in [4.78, 5) is 14.0. The summed E-state index contributed by atoms with van der Waals surface area (Å²) in [5.41, 5.74) is 7.61. The highest BCUT2D eigenvalue weighted by atomic mass is 16.6. The number of para-hydroxylation sites is 1. The van der Waals surface area contributed by atoms with E-state index in [1.54, 1.807) is 4.90 Å². The zero-order chi connectivity index (χ0) is 14.0. The maximum Gasteiger partial charge on any atom is 0.414 e. The van der Waals surface area contributed by atoms with Gasteiger partial charge in [0, 0.05) is 12.6 Å². The molecule has 1 aliphatic rings. The molecule has 1 heterocycles. The largest absolute Gasteiger partial charge is 0.443 e. The lowest BCUT2D eigenvalue weighted by Gasteiger charge is -2.27. The number of ether oxygens (including phenoxy) is 1. The van der Waals surface area contributed by atoms with Gasteiger partial charge in [-0.1, -0.05) is 18.2 Å². The average Bonchev–Trinajstić information content (AvgIpc) is 2.45. The van der Waals surface area contributed by atoms with Gasteiger partial charge in [0.25, 0.3) is 0 Å². The van der Waals surface area contributed by atoms with Crippen LogP contribution in [-0.4, -0.2) is 24.3 Å². The fourth-order valence-electron chi connectivity index (χ4n) is 2.25. The van der Waals surface area contributed by atoms with Gasteiger partial charge in [-0.25, -0.2) is 4.79 Å². The Morgan fingerprint density at radius 2 is 2.05 bits per heavy atom. The van der Waals surface area contributed by atoms with Gasteiger partial charge in [0.1, 0.15) is 5.60 Å². The number of nitrogens with two attached hydrogens (primary N) is 1. The first kappa shape index (κ1) is 13.9. The zero-order valence-electron chi connectivity index (χ0n) is 11.8. The molecular formula is C15H22N2O2. The molecule has 0 fully saturated rings. The van der Waals surface area contributed by atoms with Crippen LogP contribution in [0.2, 0.25) is 0 Å². The van der Waals surface area contributed by atoms with Crippen molar-refractivity contribution in [2.45, 2.75) is 45.3 Å². The fourth-order valence-corrected chi connectivity index (χ4v) is 2.25. The summed E-state index contributed by atoms with van der Waals surface area (Å²) in [5.74, 6) is 0. The van der Waals surface area contributed by atoms with Crippen LogP contribution in [0.1, 0.15) is 32.8 Å². The number of hydrogen-bond acceptors (Lipinski definition) is 3. The molecule has 0 aliphatic carbocycles. The predicted octanol–water partition coefficient (Wildman–Crippen LogP) is 2.70. The molecule has 0 bridgehead atoms. The van der Waals surface area contributed by atoms with Crippen molar-refractivity contribution in [1.29, 1.82) is 0 Å². The van der Waals surface area contributed by atoms with Gasteiger partial charge in [-0.3, -0.25) is 4.90 Å². The first-order chi connectivity index (χ1) is 8.87. The average molecular weight is 262 g/mol. The first-order valence-electron chi connectivity index (χ1n) is 6.71. The molecule has 2 rings (SSSR count). The summed E-state index contributed by atoms with van der Waals surface area (Å²) < 4.78 is 5.47. The molecule has 1 atom stereocenters. The van der Waals surface area contributed by atoms with Gasteiger partial charge in [0.05, 0.1) is 5.69 Å². The molecule has 2 N–H and O–H groups in total. The Morgan fingerprint density at radius 3 is 2.74 bits per heavy atom. The van der Waals surface area contributed by atoms with Crippen molar-refractivity contribution in [3.05, 3.63) is 29.8 Å². The van der Waals surface area contributed by atoms with Gasteiger partial charge >= 0.3 is 6.09 Å². The molecule has 1 aromatic rings. The molecule has 1 aromatic carbocycles. The number of carbonyl (C=O) groups excluding carboxylic acids is 1. The molecule has 1 aliphatic heterocycles. The van der Waals surface area contributed by atoms with Crippen molar-refractivity contribution in [3.63, 3.8) is 0 Å². The van der Waals surface area contributed by atoms with Crippen LogP contribution in [0.4, 0.5) is 10.5 Å². The monoisotopic (exact) mass is 262 g/mol. The summed E-state index contributed by atoms with van der Waals surface area (Å²) in [5, 5.41) is 0. The molecule has 0 radical (unpaired) electrons. The molecule has 104 valence electrons. The summed E-state index contributed by atoms with van der Waals surface area (Å²) in [6.45, 7) is 6.23. The fraction of sp³-hybridized carbons (Fsp3) is 0.533. The Hall–Kier alpha value is -1.55. The van der Waals surface area contributed by atoms with Gasteiger partial charge < -0.3 is 10.5 Å². The van der Waals surface area contributed by atoms with Crippen molar-refractivity contribution in [3.8, 4) is 0 Å². The van der Waals surface area contributed by atoms with Crippen LogP contribution in [0.5, 0.6) is 0 Å². The maximum atomic E-state index is 12.3. The quantitative estimate of drug-likeness (QED) is 0.782. The molecule has 19 heavy (non-hydrogen) atoms. The molecule has 0 unspecified atom stereocenters. The number of anilines is 1. The SMILES string of the molecule is CC(C)(C)OC(=O)N1CC[C@H](N)Cc2ccccc21. The molecule has 4 heteroatoms. The molecule has 4 nitrogen and oxygen atoms in total. The Kier molecular flexibility index (Phi) is 3.80. The van der Waals surface area contributed by atoms with E-state index in [4.69, 9.17) is 10.5 Å². The summed E-state index contributed by atoms with van der Waals surface area (Å²) >= 11 is 0. The maximum absolute atomic E-state index is 12.3. The minimum Gasteiger partial charge on any atom is -0.443 e. The zero-order valence-corrected chi connectivity index (χ0v) is 11.8. The third kappa shape index (κ3) is 3.47. The van der Waals surface area contributed by atoms with Crippen LogP contribution >= 0.6 is 0 Å². The van der Waals surface area contributed by atoms with Gasteiger partial charge in [0.2, 0.25) is 0 Å². The minimum absolute atomic E-state index is 0.0913. The van der Waals surface area contributed by atoms with Crippen LogP contribution in [0, 0.1) is 0 Å². The van der Waals surface area contributed by atoms with E-state index in [1.807, 2.05) is 45.0 Å². The van der Waals surface area contributed by atoms with Crippen molar-refractivity contribution in [2.75, 3.05) is 11.4 Å². The lowest BCUT2D eigenvalue weighted by molar-refractivity contribution is 0.0580. The van der Waals surface area contributed by atoms with Gasteiger partial charge in [0.15, 0.2) is 0 Å². The van der Waals surface area contributed by atoms with Crippen molar-refractivity contribution in [1.82, 2.24) is 0 Å². The summed E-state index contributed by atoms with van der Waals surface area (Å²) in [6, 6.07) is 7.99. The number of fused-ring (bicyclic) bond motifs is 1. The van der Waals surface area contributed by atoms with Gasteiger partial charge in [-0.05, 0) is 45.2 Å². The van der Waals surface area contributed by atoms with Gasteiger partial charge in [-0.15, -0.1) is 0 Å². The summed E-state index contributed by atoms with van der Waals surface area (Å²) in [7, 11) is 0. The van der Waals surface area contributed by atoms with Crippen LogP contribution in [0.25, 0.3) is 0 Å². The van der Waals surface area contributed by atoms with Crippen molar-refractivity contribution in [2.24, 2.45) is 5.73 Å². The van der Waals surface area contributed by atoms with E-state index in [1.165, 1.54) is 0 Å². The van der Waals surface area contributed by atoms with Crippen molar-refractivity contribution < 1.29 is 9.53 Å². The van der Waals surface area contributed by atoms with E-state index in [-0.39, 0.29) is 12.1 Å². The number of amides is 1. The third-order valence-corrected chi connectivity index (χ3v) is 3.10. The minimum atomic E-state index is -0.486. The smallest absolute Gasteiger partial charge is 0.414 e. The number of rotatable bonds is 0. The molecule has 0 saturated carbocycles. The van der Waals surface area contributed by atoms with Gasteiger partial charge in [-0.2, -0.15) is 0 Å². The second-order valence-electron chi connectivity index (χ2n) is 6.01. The van der Waals surface area contributed by atoms with E-state index >= 15 is 0 Å². The predicted molar refractivity (Wildman–Crippen MR) is 76.3 cm³/mol. The normalized spacial score (nSPS) is 19.6. The highest BCUT2D eigenvalue weighted by molar-refractivity contribution is 5.89. The highest BCUT2D eigenvalue weighted by Gasteiger charge is 2.27. The van der Waals surface area contributed by atoms with Crippen LogP contribution in [0.3, 0.4) is 0 Å². The van der Waals surface area contributed by atoms with Crippen LogP contribution in [0.15, 0.2) is 24.3 Å². The lowest BCUT2D eigenvalue weighted by Crippen LogP contribution is -2.38. The van der Waals surface area contributed by atoms with Crippen molar-refractivity contribution >= 4 is 11.8 Å². The second kappa shape index (κ2) is 5.21. The second-order valence-corrected chi connectivity index (χ2v) is 6.01. The molecule has 1 amide bonds. The van der Waals surface area contributed by atoms with Crippen LogP contribution < -0.4 is 10.6 Å². The molecule has 0 aromatic heterocycles. The Bertz CT molecular complexity index is 465. The first-order valence-corrected chi connectivity index (χ1v) is 6.71. The van der Waals surface area contributed by atoms with E-state index in [2.05, 4.69) is 0 Å². The Labute approximate surface area is 114 Å². The number of hydrogen-bond donors (Lipinski definition) is 1. The highest BCUT2D eigenvalue weighted by Crippen LogP contribution is 2.27. The van der Waals surface area contributed by atoms with E-state index in [0.717, 1.165) is 24.1 Å². The molecule has 0 saturated heterocycles. The third-order valence-electron chi connectivity index (χ3n) is 3.10. The summed E-state index contributed by atoms with van der Waals surface area (Å²) in [6.07, 6.45) is 1.29.